The van der Waals surface area contributed by atoms with Gasteiger partial charge in [-0.15, -0.1) is 0 Å². The van der Waals surface area contributed by atoms with Gasteiger partial charge in [-0.3, -0.25) is 9.59 Å². The lowest BCUT2D eigenvalue weighted by molar-refractivity contribution is -0.149. The van der Waals surface area contributed by atoms with Crippen LogP contribution in [0, 0.1) is 12.8 Å². The van der Waals surface area contributed by atoms with Crippen LogP contribution in [0.1, 0.15) is 73.8 Å². The summed E-state index contributed by atoms with van der Waals surface area (Å²) in [5, 5.41) is 4.90. The molecule has 168 valence electrons. The van der Waals surface area contributed by atoms with Crippen molar-refractivity contribution >= 4 is 11.9 Å². The zero-order valence-electron chi connectivity index (χ0n) is 19.3. The highest BCUT2D eigenvalue weighted by atomic mass is 16.5. The summed E-state index contributed by atoms with van der Waals surface area (Å²) in [7, 11) is 0. The Morgan fingerprint density at radius 1 is 1.10 bits per heavy atom. The first-order chi connectivity index (χ1) is 15.0. The van der Waals surface area contributed by atoms with Gasteiger partial charge in [0.15, 0.2) is 0 Å². The maximum absolute atomic E-state index is 13.7. The summed E-state index contributed by atoms with van der Waals surface area (Å²) >= 11 is 0. The number of carbonyl (C=O) groups excluding carboxylic acids is 2. The highest BCUT2D eigenvalue weighted by Gasteiger charge is 2.33. The molecule has 1 atom stereocenters. The van der Waals surface area contributed by atoms with E-state index in [0.29, 0.717) is 19.7 Å². The smallest absolute Gasteiger partial charge is 0.310 e. The number of ether oxygens (including phenoxy) is 1. The fourth-order valence-corrected chi connectivity index (χ4v) is 4.30. The lowest BCUT2D eigenvalue weighted by Gasteiger charge is -2.31. The molecule has 0 aliphatic carbocycles. The molecule has 1 aromatic carbocycles. The average Bonchev–Trinajstić information content (AvgIpc) is 3.12. The number of piperidine rings is 1. The molecular formula is C25H35N3O3. The van der Waals surface area contributed by atoms with Gasteiger partial charge in [0.1, 0.15) is 0 Å². The van der Waals surface area contributed by atoms with Crippen LogP contribution in [-0.4, -0.2) is 46.3 Å². The van der Waals surface area contributed by atoms with E-state index in [1.807, 2.05) is 16.5 Å². The van der Waals surface area contributed by atoms with Crippen LogP contribution in [-0.2, 0) is 22.4 Å². The second-order valence-electron chi connectivity index (χ2n) is 8.36. The average molecular weight is 426 g/mol. The number of carbonyl (C=O) groups is 2. The summed E-state index contributed by atoms with van der Waals surface area (Å²) in [5.41, 5.74) is 4.73. The summed E-state index contributed by atoms with van der Waals surface area (Å²) in [4.78, 5) is 27.9. The molecule has 2 aromatic rings. The summed E-state index contributed by atoms with van der Waals surface area (Å²) < 4.78 is 7.17. The number of rotatable bonds is 8. The van der Waals surface area contributed by atoms with Crippen molar-refractivity contribution in [1.29, 1.82) is 0 Å². The van der Waals surface area contributed by atoms with E-state index in [-0.39, 0.29) is 17.8 Å². The largest absolute Gasteiger partial charge is 0.466 e. The van der Waals surface area contributed by atoms with Crippen molar-refractivity contribution in [1.82, 2.24) is 14.7 Å². The monoisotopic (exact) mass is 425 g/mol. The van der Waals surface area contributed by atoms with E-state index in [0.717, 1.165) is 61.2 Å². The quantitative estimate of drug-likeness (QED) is 0.584. The minimum absolute atomic E-state index is 0.000685. The molecule has 3 rings (SSSR count). The van der Waals surface area contributed by atoms with Gasteiger partial charge in [0.25, 0.3) is 5.91 Å². The van der Waals surface area contributed by atoms with E-state index in [1.165, 1.54) is 5.56 Å². The first-order valence-corrected chi connectivity index (χ1v) is 11.6. The topological polar surface area (TPSA) is 64.4 Å². The Kier molecular flexibility index (Phi) is 7.88. The first kappa shape index (κ1) is 23.0. The van der Waals surface area contributed by atoms with Gasteiger partial charge < -0.3 is 9.64 Å². The van der Waals surface area contributed by atoms with Crippen molar-refractivity contribution in [3.63, 3.8) is 0 Å². The second kappa shape index (κ2) is 10.6. The van der Waals surface area contributed by atoms with Crippen LogP contribution in [0.4, 0.5) is 0 Å². The molecular weight excluding hydrogens is 390 g/mol. The van der Waals surface area contributed by atoms with Crippen molar-refractivity contribution in [2.24, 2.45) is 5.92 Å². The zero-order valence-corrected chi connectivity index (χ0v) is 19.3. The summed E-state index contributed by atoms with van der Waals surface area (Å²) in [6, 6.07) is 8.26. The Bertz CT molecular complexity index is 901. The van der Waals surface area contributed by atoms with E-state index in [9.17, 15) is 9.59 Å². The van der Waals surface area contributed by atoms with Gasteiger partial charge >= 0.3 is 5.97 Å². The fraction of sp³-hybridized carbons (Fsp3) is 0.560. The maximum Gasteiger partial charge on any atom is 0.310 e. The number of esters is 1. The van der Waals surface area contributed by atoms with Crippen LogP contribution in [0.25, 0.3) is 5.69 Å². The molecule has 1 saturated heterocycles. The molecule has 1 fully saturated rings. The third-order valence-corrected chi connectivity index (χ3v) is 5.85. The number of hydrogen-bond acceptors (Lipinski definition) is 4. The minimum Gasteiger partial charge on any atom is -0.466 e. The molecule has 0 N–H and O–H groups in total. The van der Waals surface area contributed by atoms with Gasteiger partial charge in [0.05, 0.1) is 35.2 Å². The normalized spacial score (nSPS) is 16.4. The Morgan fingerprint density at radius 2 is 1.81 bits per heavy atom. The van der Waals surface area contributed by atoms with Crippen LogP contribution >= 0.6 is 0 Å². The van der Waals surface area contributed by atoms with Crippen molar-refractivity contribution < 1.29 is 14.3 Å². The third-order valence-electron chi connectivity index (χ3n) is 5.85. The van der Waals surface area contributed by atoms with E-state index in [1.54, 1.807) is 0 Å². The number of aryl methyl sites for hydroxylation is 2. The van der Waals surface area contributed by atoms with Crippen LogP contribution in [0.15, 0.2) is 24.3 Å². The Morgan fingerprint density at radius 3 is 2.45 bits per heavy atom. The number of likely N-dealkylation sites (tertiary alicyclic amines) is 1. The molecule has 1 aliphatic heterocycles. The van der Waals surface area contributed by atoms with Gasteiger partial charge in [0, 0.05) is 13.1 Å². The summed E-state index contributed by atoms with van der Waals surface area (Å²) in [6.07, 6.45) is 4.96. The maximum atomic E-state index is 13.7. The molecule has 0 radical (unpaired) electrons. The molecule has 31 heavy (non-hydrogen) atoms. The Hall–Kier alpha value is -2.63. The molecule has 0 unspecified atom stereocenters. The first-order valence-electron chi connectivity index (χ1n) is 11.6. The zero-order chi connectivity index (χ0) is 22.4. The Balaban J connectivity index is 1.98. The third kappa shape index (κ3) is 5.17. The van der Waals surface area contributed by atoms with Gasteiger partial charge in [-0.1, -0.05) is 44.4 Å². The van der Waals surface area contributed by atoms with E-state index in [4.69, 9.17) is 9.84 Å². The van der Waals surface area contributed by atoms with E-state index in [2.05, 4.69) is 45.0 Å². The van der Waals surface area contributed by atoms with Crippen LogP contribution in [0.5, 0.6) is 0 Å². The molecule has 1 amide bonds. The number of nitrogens with zero attached hydrogens (tertiary/aromatic N) is 3. The fourth-order valence-electron chi connectivity index (χ4n) is 4.30. The highest BCUT2D eigenvalue weighted by molar-refractivity contribution is 5.97. The van der Waals surface area contributed by atoms with Gasteiger partial charge in [0.2, 0.25) is 0 Å². The van der Waals surface area contributed by atoms with Crippen molar-refractivity contribution in [2.75, 3.05) is 19.7 Å². The Labute approximate surface area is 185 Å². The number of amides is 1. The van der Waals surface area contributed by atoms with Crippen molar-refractivity contribution in [3.8, 4) is 5.69 Å². The van der Waals surface area contributed by atoms with Crippen molar-refractivity contribution in [3.05, 3.63) is 46.8 Å². The second-order valence-corrected chi connectivity index (χ2v) is 8.36. The van der Waals surface area contributed by atoms with Gasteiger partial charge in [-0.05, 0) is 51.7 Å². The highest BCUT2D eigenvalue weighted by Crippen LogP contribution is 2.26. The van der Waals surface area contributed by atoms with Gasteiger partial charge in [-0.25, -0.2) is 4.68 Å². The molecule has 0 bridgehead atoms. The number of benzene rings is 1. The molecule has 0 spiro atoms. The van der Waals surface area contributed by atoms with Crippen molar-refractivity contribution in [2.45, 2.75) is 66.2 Å². The molecule has 6 heteroatoms. The number of hydrogen-bond donors (Lipinski definition) is 0. The summed E-state index contributed by atoms with van der Waals surface area (Å²) in [6.45, 7) is 9.57. The lowest BCUT2D eigenvalue weighted by Crippen LogP contribution is -2.43. The van der Waals surface area contributed by atoms with Crippen LogP contribution in [0.2, 0.25) is 0 Å². The van der Waals surface area contributed by atoms with E-state index >= 15 is 0 Å². The van der Waals surface area contributed by atoms with Crippen LogP contribution < -0.4 is 0 Å². The molecule has 1 aliphatic rings. The number of aromatic nitrogens is 2. The predicted octanol–water partition coefficient (Wildman–Crippen LogP) is 4.50. The van der Waals surface area contributed by atoms with E-state index < -0.39 is 0 Å². The standard InChI is InChI=1S/C25H35N3O3/c1-5-9-21-23(24(29)27-16-8-11-19(17-27)25(30)31-7-3)22(10-6-2)28(26-21)20-14-12-18(4)13-15-20/h12-15,19H,5-11,16-17H2,1-4H3/t19-/m1/s1. The molecule has 6 nitrogen and oxygen atoms in total. The minimum atomic E-state index is -0.242. The molecule has 2 heterocycles. The van der Waals surface area contributed by atoms with Gasteiger partial charge in [-0.2, -0.15) is 5.10 Å². The predicted molar refractivity (Wildman–Crippen MR) is 122 cm³/mol. The molecule has 0 saturated carbocycles. The SMILES string of the molecule is CCCc1nn(-c2ccc(C)cc2)c(CCC)c1C(=O)N1CCC[C@@H](C(=O)OCC)C1. The molecule has 1 aromatic heterocycles. The lowest BCUT2D eigenvalue weighted by atomic mass is 9.96. The summed E-state index contributed by atoms with van der Waals surface area (Å²) in [5.74, 6) is -0.439. The van der Waals surface area contributed by atoms with Crippen LogP contribution in [0.3, 0.4) is 0 Å².